The fourth-order valence-electron chi connectivity index (χ4n) is 2.65. The van der Waals surface area contributed by atoms with E-state index >= 15 is 0 Å². The van der Waals surface area contributed by atoms with Crippen LogP contribution in [0, 0.1) is 6.92 Å². The molecule has 1 aliphatic heterocycles. The molecule has 2 aromatic rings. The van der Waals surface area contributed by atoms with Gasteiger partial charge in [0.15, 0.2) is 0 Å². The fraction of sp³-hybridized carbons (Fsp3) is 0.167. The number of hydrogen-bond acceptors (Lipinski definition) is 3. The van der Waals surface area contributed by atoms with Crippen molar-refractivity contribution >= 4 is 23.4 Å². The highest BCUT2D eigenvalue weighted by molar-refractivity contribution is 6.23. The third kappa shape index (κ3) is 2.61. The Morgan fingerprint density at radius 2 is 1.61 bits per heavy atom. The van der Waals surface area contributed by atoms with Crippen LogP contribution in [-0.2, 0) is 4.79 Å². The monoisotopic (exact) mass is 308 g/mol. The highest BCUT2D eigenvalue weighted by Gasteiger charge is 2.40. The summed E-state index contributed by atoms with van der Waals surface area (Å²) in [4.78, 5) is 38.2. The second kappa shape index (κ2) is 5.68. The van der Waals surface area contributed by atoms with Gasteiger partial charge in [0, 0.05) is 5.69 Å². The van der Waals surface area contributed by atoms with Crippen LogP contribution in [0.4, 0.5) is 5.69 Å². The average molecular weight is 308 g/mol. The Morgan fingerprint density at radius 3 is 2.17 bits per heavy atom. The van der Waals surface area contributed by atoms with Gasteiger partial charge in [0.2, 0.25) is 5.91 Å². The zero-order valence-corrected chi connectivity index (χ0v) is 12.9. The summed E-state index contributed by atoms with van der Waals surface area (Å²) in [7, 11) is 0. The minimum atomic E-state index is -0.886. The molecule has 0 aromatic heterocycles. The third-order valence-corrected chi connectivity index (χ3v) is 3.88. The van der Waals surface area contributed by atoms with Crippen molar-refractivity contribution in [3.05, 3.63) is 65.2 Å². The van der Waals surface area contributed by atoms with Gasteiger partial charge >= 0.3 is 0 Å². The Bertz CT molecular complexity index is 778. The molecule has 1 aliphatic rings. The van der Waals surface area contributed by atoms with Crippen molar-refractivity contribution in [2.45, 2.75) is 19.9 Å². The number of nitrogens with one attached hydrogen (secondary N) is 1. The van der Waals surface area contributed by atoms with E-state index in [0.29, 0.717) is 16.8 Å². The summed E-state index contributed by atoms with van der Waals surface area (Å²) in [6.07, 6.45) is 0. The number of carbonyl (C=O) groups excluding carboxylic acids is 3. The van der Waals surface area contributed by atoms with Crippen LogP contribution in [0.25, 0.3) is 0 Å². The first-order valence-electron chi connectivity index (χ1n) is 7.33. The highest BCUT2D eigenvalue weighted by atomic mass is 16.2. The predicted molar refractivity (Wildman–Crippen MR) is 86.2 cm³/mol. The van der Waals surface area contributed by atoms with E-state index in [1.54, 1.807) is 37.3 Å². The zero-order chi connectivity index (χ0) is 16.6. The molecule has 116 valence electrons. The maximum atomic E-state index is 12.4. The fourth-order valence-corrected chi connectivity index (χ4v) is 2.65. The normalized spacial score (nSPS) is 14.6. The van der Waals surface area contributed by atoms with Gasteiger partial charge in [0.25, 0.3) is 11.8 Å². The zero-order valence-electron chi connectivity index (χ0n) is 12.9. The minimum Gasteiger partial charge on any atom is -0.324 e. The second-order valence-electron chi connectivity index (χ2n) is 5.56. The van der Waals surface area contributed by atoms with Gasteiger partial charge in [-0.25, -0.2) is 0 Å². The minimum absolute atomic E-state index is 0.340. The molecular weight excluding hydrogens is 292 g/mol. The predicted octanol–water partition coefficient (Wildman–Crippen LogP) is 2.62. The molecule has 3 amide bonds. The first kappa shape index (κ1) is 15.0. The number of carbonyl (C=O) groups is 3. The van der Waals surface area contributed by atoms with Crippen molar-refractivity contribution in [3.8, 4) is 0 Å². The van der Waals surface area contributed by atoms with Crippen LogP contribution in [0.1, 0.15) is 33.2 Å². The van der Waals surface area contributed by atoms with E-state index in [4.69, 9.17) is 0 Å². The summed E-state index contributed by atoms with van der Waals surface area (Å²) in [5.41, 5.74) is 2.33. The van der Waals surface area contributed by atoms with Crippen LogP contribution in [-0.4, -0.2) is 28.7 Å². The number of rotatable bonds is 3. The third-order valence-electron chi connectivity index (χ3n) is 3.88. The van der Waals surface area contributed by atoms with Crippen molar-refractivity contribution in [3.63, 3.8) is 0 Å². The number of hydrogen-bond donors (Lipinski definition) is 1. The SMILES string of the molecule is Cc1cccc(NC(=O)[C@@H](C)N2C(=O)c3ccccc3C2=O)c1. The van der Waals surface area contributed by atoms with E-state index in [9.17, 15) is 14.4 Å². The number of imide groups is 1. The van der Waals surface area contributed by atoms with E-state index in [2.05, 4.69) is 5.32 Å². The van der Waals surface area contributed by atoms with Gasteiger partial charge in [-0.1, -0.05) is 24.3 Å². The molecule has 0 unspecified atom stereocenters. The molecule has 0 fully saturated rings. The van der Waals surface area contributed by atoms with Gasteiger partial charge in [0.1, 0.15) is 6.04 Å². The Labute approximate surface area is 133 Å². The molecule has 5 nitrogen and oxygen atoms in total. The van der Waals surface area contributed by atoms with Crippen molar-refractivity contribution in [1.29, 1.82) is 0 Å². The Balaban J connectivity index is 1.81. The van der Waals surface area contributed by atoms with Crippen LogP contribution < -0.4 is 5.32 Å². The lowest BCUT2D eigenvalue weighted by Gasteiger charge is -2.21. The lowest BCUT2D eigenvalue weighted by molar-refractivity contribution is -0.119. The molecule has 0 saturated heterocycles. The van der Waals surface area contributed by atoms with Crippen LogP contribution in [0.5, 0.6) is 0 Å². The van der Waals surface area contributed by atoms with Crippen molar-refractivity contribution in [2.24, 2.45) is 0 Å². The van der Waals surface area contributed by atoms with Crippen LogP contribution >= 0.6 is 0 Å². The van der Waals surface area contributed by atoms with E-state index in [1.807, 2.05) is 25.1 Å². The highest BCUT2D eigenvalue weighted by Crippen LogP contribution is 2.25. The molecule has 0 saturated carbocycles. The average Bonchev–Trinajstić information content (AvgIpc) is 2.79. The summed E-state index contributed by atoms with van der Waals surface area (Å²) >= 11 is 0. The lowest BCUT2D eigenvalue weighted by Crippen LogP contribution is -2.45. The summed E-state index contributed by atoms with van der Waals surface area (Å²) in [5.74, 6) is -1.26. The van der Waals surface area contributed by atoms with Crippen LogP contribution in [0.15, 0.2) is 48.5 Å². The number of benzene rings is 2. The Hall–Kier alpha value is -2.95. The van der Waals surface area contributed by atoms with Gasteiger partial charge in [-0.15, -0.1) is 0 Å². The smallest absolute Gasteiger partial charge is 0.262 e. The lowest BCUT2D eigenvalue weighted by atomic mass is 10.1. The molecule has 1 heterocycles. The first-order chi connectivity index (χ1) is 11.0. The molecule has 1 atom stereocenters. The van der Waals surface area contributed by atoms with Crippen molar-refractivity contribution in [1.82, 2.24) is 4.90 Å². The topological polar surface area (TPSA) is 66.5 Å². The second-order valence-corrected chi connectivity index (χ2v) is 5.56. The number of fused-ring (bicyclic) bond motifs is 1. The van der Waals surface area contributed by atoms with Gasteiger partial charge in [0.05, 0.1) is 11.1 Å². The van der Waals surface area contributed by atoms with Crippen LogP contribution in [0.3, 0.4) is 0 Å². The summed E-state index contributed by atoms with van der Waals surface area (Å²) in [5, 5.41) is 2.74. The van der Waals surface area contributed by atoms with Gasteiger partial charge in [-0.3, -0.25) is 19.3 Å². The molecule has 23 heavy (non-hydrogen) atoms. The molecule has 1 N–H and O–H groups in total. The van der Waals surface area contributed by atoms with Gasteiger partial charge in [-0.2, -0.15) is 0 Å². The van der Waals surface area contributed by atoms with E-state index in [-0.39, 0.29) is 0 Å². The van der Waals surface area contributed by atoms with E-state index in [1.165, 1.54) is 0 Å². The standard InChI is InChI=1S/C18H16N2O3/c1-11-6-5-7-13(10-11)19-16(21)12(2)20-17(22)14-8-3-4-9-15(14)18(20)23/h3-10,12H,1-2H3,(H,19,21)/t12-/m1/s1. The number of amides is 3. The summed E-state index contributed by atoms with van der Waals surface area (Å²) in [6, 6.07) is 13.0. The first-order valence-corrected chi connectivity index (χ1v) is 7.33. The maximum absolute atomic E-state index is 12.4. The maximum Gasteiger partial charge on any atom is 0.262 e. The van der Waals surface area contributed by atoms with Crippen molar-refractivity contribution in [2.75, 3.05) is 5.32 Å². The molecule has 0 spiro atoms. The largest absolute Gasteiger partial charge is 0.324 e. The van der Waals surface area contributed by atoms with Crippen LogP contribution in [0.2, 0.25) is 0 Å². The van der Waals surface area contributed by atoms with Crippen molar-refractivity contribution < 1.29 is 14.4 Å². The Morgan fingerprint density at radius 1 is 1.00 bits per heavy atom. The molecule has 0 bridgehead atoms. The summed E-state index contributed by atoms with van der Waals surface area (Å²) < 4.78 is 0. The van der Waals surface area contributed by atoms with Gasteiger partial charge < -0.3 is 5.32 Å². The molecule has 0 radical (unpaired) electrons. The summed E-state index contributed by atoms with van der Waals surface area (Å²) in [6.45, 7) is 3.47. The van der Waals surface area contributed by atoms with E-state index < -0.39 is 23.8 Å². The molecule has 2 aromatic carbocycles. The number of nitrogens with zero attached hydrogens (tertiary/aromatic N) is 1. The van der Waals surface area contributed by atoms with Gasteiger partial charge in [-0.05, 0) is 43.7 Å². The van der Waals surface area contributed by atoms with E-state index in [0.717, 1.165) is 10.5 Å². The Kier molecular flexibility index (Phi) is 3.70. The quantitative estimate of drug-likeness (QED) is 0.886. The number of aryl methyl sites for hydroxylation is 1. The number of anilines is 1. The molecule has 5 heteroatoms. The molecule has 0 aliphatic carbocycles. The molecule has 3 rings (SSSR count). The molecular formula is C18H16N2O3.